The summed E-state index contributed by atoms with van der Waals surface area (Å²) in [5.41, 5.74) is 3.18. The fraction of sp³-hybridized carbons (Fsp3) is 0.222. The van der Waals surface area contributed by atoms with E-state index in [1.54, 1.807) is 25.5 Å². The van der Waals surface area contributed by atoms with Crippen LogP contribution in [0.1, 0.15) is 11.3 Å². The molecule has 2 aromatic heterocycles. The molecule has 7 heteroatoms. The molecule has 0 radical (unpaired) electrons. The quantitative estimate of drug-likeness (QED) is 0.527. The van der Waals surface area contributed by atoms with Gasteiger partial charge in [-0.25, -0.2) is 4.68 Å². The van der Waals surface area contributed by atoms with Crippen LogP contribution >= 0.6 is 11.3 Å². The van der Waals surface area contributed by atoms with Crippen LogP contribution in [0.3, 0.4) is 0 Å². The number of nitrogens with zero attached hydrogens (tertiary/aromatic N) is 3. The first-order valence-corrected chi connectivity index (χ1v) is 8.87. The summed E-state index contributed by atoms with van der Waals surface area (Å²) in [5.74, 6) is 1.59. The number of hydrogen-bond acceptors (Lipinski definition) is 4. The van der Waals surface area contributed by atoms with Crippen LogP contribution in [0.15, 0.2) is 58.3 Å². The summed E-state index contributed by atoms with van der Waals surface area (Å²) < 4.78 is 7.02. The Balaban J connectivity index is 1.55. The number of rotatable bonds is 6. The molecular formula is C18H21N5OS. The summed E-state index contributed by atoms with van der Waals surface area (Å²) in [5, 5.41) is 15.3. The maximum atomic E-state index is 5.18. The molecule has 0 bridgehead atoms. The molecule has 6 nitrogen and oxygen atoms in total. The van der Waals surface area contributed by atoms with Crippen molar-refractivity contribution in [1.82, 2.24) is 20.4 Å². The predicted octanol–water partition coefficient (Wildman–Crippen LogP) is 2.81. The highest BCUT2D eigenvalue weighted by Crippen LogP contribution is 2.14. The molecule has 0 saturated heterocycles. The molecule has 0 amide bonds. The van der Waals surface area contributed by atoms with Crippen LogP contribution in [0, 0.1) is 0 Å². The van der Waals surface area contributed by atoms with Gasteiger partial charge in [0.1, 0.15) is 5.75 Å². The van der Waals surface area contributed by atoms with Gasteiger partial charge >= 0.3 is 0 Å². The van der Waals surface area contributed by atoms with Crippen molar-refractivity contribution in [2.75, 3.05) is 14.2 Å². The topological polar surface area (TPSA) is 63.5 Å². The van der Waals surface area contributed by atoms with Crippen molar-refractivity contribution in [3.05, 3.63) is 64.6 Å². The van der Waals surface area contributed by atoms with Gasteiger partial charge in [0.2, 0.25) is 0 Å². The zero-order chi connectivity index (χ0) is 17.5. The number of ether oxygens (including phenoxy) is 1. The summed E-state index contributed by atoms with van der Waals surface area (Å²) in [6, 6.07) is 11.9. The second-order valence-corrected chi connectivity index (χ2v) is 6.14. The van der Waals surface area contributed by atoms with Crippen LogP contribution in [0.25, 0.3) is 5.69 Å². The average Bonchev–Trinajstić information content (AvgIpc) is 3.34. The zero-order valence-electron chi connectivity index (χ0n) is 14.3. The summed E-state index contributed by atoms with van der Waals surface area (Å²) in [6.07, 6.45) is 1.94. The number of nitrogens with one attached hydrogen (secondary N) is 2. The molecule has 0 spiro atoms. The van der Waals surface area contributed by atoms with Crippen molar-refractivity contribution in [3.8, 4) is 11.4 Å². The maximum absolute atomic E-state index is 5.18. The van der Waals surface area contributed by atoms with Crippen molar-refractivity contribution >= 4 is 17.3 Å². The zero-order valence-corrected chi connectivity index (χ0v) is 15.1. The van der Waals surface area contributed by atoms with E-state index in [0.717, 1.165) is 29.6 Å². The van der Waals surface area contributed by atoms with E-state index < -0.39 is 0 Å². The van der Waals surface area contributed by atoms with Gasteiger partial charge in [-0.1, -0.05) is 0 Å². The third kappa shape index (κ3) is 4.60. The lowest BCUT2D eigenvalue weighted by Gasteiger charge is -2.10. The van der Waals surface area contributed by atoms with Crippen LogP contribution in [-0.4, -0.2) is 29.9 Å². The molecule has 0 atom stereocenters. The highest BCUT2D eigenvalue weighted by molar-refractivity contribution is 7.07. The Morgan fingerprint density at radius 2 is 1.96 bits per heavy atom. The molecule has 130 valence electrons. The van der Waals surface area contributed by atoms with E-state index in [4.69, 9.17) is 4.74 Å². The van der Waals surface area contributed by atoms with Crippen molar-refractivity contribution in [3.63, 3.8) is 0 Å². The van der Waals surface area contributed by atoms with Crippen LogP contribution in [-0.2, 0) is 13.1 Å². The molecule has 2 heterocycles. The standard InChI is InChI=1S/C18H21N5OS/c1-19-18(20-11-14-8-10-25-13-14)21-12-15-7-9-23(22-15)16-3-5-17(24-2)6-4-16/h3-10,13H,11-12H2,1-2H3,(H2,19,20,21). The highest BCUT2D eigenvalue weighted by Gasteiger charge is 2.04. The summed E-state index contributed by atoms with van der Waals surface area (Å²) in [6.45, 7) is 1.36. The van der Waals surface area contributed by atoms with Crippen molar-refractivity contribution in [1.29, 1.82) is 0 Å². The molecule has 0 saturated carbocycles. The summed E-state index contributed by atoms with van der Waals surface area (Å²) in [7, 11) is 3.42. The molecule has 3 aromatic rings. The summed E-state index contributed by atoms with van der Waals surface area (Å²) >= 11 is 1.69. The molecule has 1 aromatic carbocycles. The van der Waals surface area contributed by atoms with Gasteiger partial charge in [-0.3, -0.25) is 4.99 Å². The lowest BCUT2D eigenvalue weighted by molar-refractivity contribution is 0.414. The van der Waals surface area contributed by atoms with Gasteiger partial charge in [-0.05, 0) is 52.7 Å². The highest BCUT2D eigenvalue weighted by atomic mass is 32.1. The minimum Gasteiger partial charge on any atom is -0.497 e. The molecule has 25 heavy (non-hydrogen) atoms. The van der Waals surface area contributed by atoms with E-state index in [-0.39, 0.29) is 0 Å². The average molecular weight is 355 g/mol. The Bertz CT molecular complexity index is 808. The monoisotopic (exact) mass is 355 g/mol. The number of guanidine groups is 1. The van der Waals surface area contributed by atoms with Crippen LogP contribution in [0.5, 0.6) is 5.75 Å². The Morgan fingerprint density at radius 3 is 2.64 bits per heavy atom. The van der Waals surface area contributed by atoms with E-state index in [1.165, 1.54) is 5.56 Å². The molecule has 3 rings (SSSR count). The fourth-order valence-corrected chi connectivity index (χ4v) is 2.98. The number of aliphatic imine (C=N–C) groups is 1. The largest absolute Gasteiger partial charge is 0.497 e. The van der Waals surface area contributed by atoms with Crippen molar-refractivity contribution < 1.29 is 4.74 Å². The number of hydrogen-bond donors (Lipinski definition) is 2. The van der Waals surface area contributed by atoms with Gasteiger partial charge in [0.25, 0.3) is 0 Å². The molecule has 0 aliphatic heterocycles. The maximum Gasteiger partial charge on any atom is 0.191 e. The van der Waals surface area contributed by atoms with E-state index in [9.17, 15) is 0 Å². The van der Waals surface area contributed by atoms with Gasteiger partial charge in [-0.2, -0.15) is 16.4 Å². The van der Waals surface area contributed by atoms with Crippen LogP contribution < -0.4 is 15.4 Å². The van der Waals surface area contributed by atoms with Gasteiger partial charge in [0.05, 0.1) is 25.0 Å². The predicted molar refractivity (Wildman–Crippen MR) is 101 cm³/mol. The van der Waals surface area contributed by atoms with Crippen molar-refractivity contribution in [2.45, 2.75) is 13.1 Å². The first-order valence-electron chi connectivity index (χ1n) is 7.93. The molecule has 0 aliphatic rings. The van der Waals surface area contributed by atoms with Crippen LogP contribution in [0.2, 0.25) is 0 Å². The minimum absolute atomic E-state index is 0.604. The molecule has 0 aliphatic carbocycles. The molecule has 2 N–H and O–H groups in total. The van der Waals surface area contributed by atoms with Crippen molar-refractivity contribution in [2.24, 2.45) is 4.99 Å². The SMILES string of the molecule is CN=C(NCc1ccsc1)NCc1ccn(-c2ccc(OC)cc2)n1. The third-order valence-electron chi connectivity index (χ3n) is 3.68. The lowest BCUT2D eigenvalue weighted by atomic mass is 10.3. The van der Waals surface area contributed by atoms with E-state index in [2.05, 4.69) is 37.6 Å². The first-order chi connectivity index (χ1) is 12.3. The van der Waals surface area contributed by atoms with E-state index in [1.807, 2.05) is 41.2 Å². The number of benzene rings is 1. The fourth-order valence-electron chi connectivity index (χ4n) is 2.31. The van der Waals surface area contributed by atoms with Gasteiger partial charge < -0.3 is 15.4 Å². The first kappa shape index (κ1) is 17.0. The minimum atomic E-state index is 0.604. The van der Waals surface area contributed by atoms with Gasteiger partial charge in [0, 0.05) is 19.8 Å². The Morgan fingerprint density at radius 1 is 1.16 bits per heavy atom. The Hall–Kier alpha value is -2.80. The van der Waals surface area contributed by atoms with Crippen LogP contribution in [0.4, 0.5) is 0 Å². The second kappa shape index (κ2) is 8.34. The van der Waals surface area contributed by atoms with E-state index in [0.29, 0.717) is 6.54 Å². The Kier molecular flexibility index (Phi) is 5.69. The second-order valence-electron chi connectivity index (χ2n) is 5.36. The molecular weight excluding hydrogens is 334 g/mol. The van der Waals surface area contributed by atoms with Gasteiger partial charge in [0.15, 0.2) is 5.96 Å². The lowest BCUT2D eigenvalue weighted by Crippen LogP contribution is -2.36. The number of thiophene rings is 1. The number of aromatic nitrogens is 2. The van der Waals surface area contributed by atoms with Gasteiger partial charge in [-0.15, -0.1) is 0 Å². The molecule has 0 unspecified atom stereocenters. The molecule has 0 fully saturated rings. The Labute approximate surface area is 151 Å². The number of methoxy groups -OCH3 is 1. The van der Waals surface area contributed by atoms with E-state index >= 15 is 0 Å². The smallest absolute Gasteiger partial charge is 0.191 e. The normalized spacial score (nSPS) is 11.4. The third-order valence-corrected chi connectivity index (χ3v) is 4.41. The summed E-state index contributed by atoms with van der Waals surface area (Å²) in [4.78, 5) is 4.24.